The minimum absolute atomic E-state index is 0.0802. The van der Waals surface area contributed by atoms with Crippen molar-refractivity contribution in [1.29, 1.82) is 0 Å². The number of unbranched alkanes of at least 4 members (excludes halogenated alkanes) is 41. The smallest absolute Gasteiger partial charge is 0.306 e. The quantitative estimate of drug-likeness (QED) is 0.0261. The lowest BCUT2D eigenvalue weighted by Gasteiger charge is -2.18. The fourth-order valence-corrected chi connectivity index (χ4v) is 10.5. The highest BCUT2D eigenvalue weighted by Gasteiger charge is 2.19. The molecule has 0 aromatic rings. The van der Waals surface area contributed by atoms with Crippen LogP contribution in [0.2, 0.25) is 0 Å². The predicted octanol–water partition coefficient (Wildman–Crippen LogP) is 25.0. The standard InChI is InChI=1S/C77H136O6/c1-4-7-10-13-16-19-22-25-28-31-32-33-34-35-36-37-38-39-40-41-42-43-44-47-49-52-55-58-61-64-67-70-76(79)82-73-74(83-77(80)71-68-65-62-59-56-53-50-46-30-27-24-21-18-15-12-9-6-3)72-81-75(78)69-66-63-60-57-54-51-48-45-29-26-23-20-17-14-11-8-5-2/h9,12,17-18,20-22,25-27,29-32,74H,4-8,10-11,13-16,19,23-24,28,33-73H2,1-3H3/b12-9-,20-17-,21-18-,25-22-,29-26-,30-27-,32-31-. The van der Waals surface area contributed by atoms with Crippen LogP contribution in [0.4, 0.5) is 0 Å². The third-order valence-corrected chi connectivity index (χ3v) is 15.9. The van der Waals surface area contributed by atoms with E-state index in [1.54, 1.807) is 0 Å². The zero-order valence-electron chi connectivity index (χ0n) is 55.2. The Labute approximate surface area is 515 Å². The Morgan fingerprint density at radius 3 is 0.759 bits per heavy atom. The molecule has 0 spiro atoms. The summed E-state index contributed by atoms with van der Waals surface area (Å²) >= 11 is 0. The van der Waals surface area contributed by atoms with Gasteiger partial charge < -0.3 is 14.2 Å². The molecule has 6 nitrogen and oxygen atoms in total. The van der Waals surface area contributed by atoms with Gasteiger partial charge in [-0.25, -0.2) is 0 Å². The summed E-state index contributed by atoms with van der Waals surface area (Å²) in [7, 11) is 0. The van der Waals surface area contributed by atoms with E-state index in [1.165, 1.54) is 225 Å². The molecule has 1 atom stereocenters. The number of ether oxygens (including phenoxy) is 3. The maximum atomic E-state index is 12.9. The molecular weight excluding hydrogens is 1020 g/mol. The van der Waals surface area contributed by atoms with E-state index in [4.69, 9.17) is 14.2 Å². The van der Waals surface area contributed by atoms with Crippen LogP contribution in [-0.2, 0) is 28.6 Å². The van der Waals surface area contributed by atoms with Gasteiger partial charge in [0.05, 0.1) is 0 Å². The van der Waals surface area contributed by atoms with Gasteiger partial charge >= 0.3 is 17.9 Å². The number of rotatable bonds is 66. The van der Waals surface area contributed by atoms with Crippen LogP contribution in [0.3, 0.4) is 0 Å². The third kappa shape index (κ3) is 69.3. The SMILES string of the molecule is CC/C=C\C/C=C\C/C=C\CCCCCCCCCC(=O)OC(COC(=O)CCCCCCCCC/C=C\C/C=C\CCCCC)COC(=O)CCCCCCCCCCCCCCCCCCCCC/C=C\C/C=C\CCCCCCC. The molecular formula is C77H136O6. The molecule has 0 aromatic carbocycles. The van der Waals surface area contributed by atoms with Gasteiger partial charge in [0.15, 0.2) is 6.10 Å². The Bertz CT molecular complexity index is 1570. The minimum Gasteiger partial charge on any atom is -0.462 e. The molecule has 0 saturated carbocycles. The van der Waals surface area contributed by atoms with E-state index in [0.29, 0.717) is 19.3 Å². The second-order valence-corrected chi connectivity index (χ2v) is 24.1. The van der Waals surface area contributed by atoms with Crippen molar-refractivity contribution in [3.8, 4) is 0 Å². The minimum atomic E-state index is -0.786. The highest BCUT2D eigenvalue weighted by Crippen LogP contribution is 2.18. The first-order chi connectivity index (χ1) is 41.0. The maximum Gasteiger partial charge on any atom is 0.306 e. The fourth-order valence-electron chi connectivity index (χ4n) is 10.5. The topological polar surface area (TPSA) is 78.9 Å². The molecule has 0 aliphatic heterocycles. The summed E-state index contributed by atoms with van der Waals surface area (Å²) in [4.78, 5) is 38.5. The number of allylic oxidation sites excluding steroid dienone is 14. The van der Waals surface area contributed by atoms with E-state index in [1.807, 2.05) is 0 Å². The molecule has 0 heterocycles. The van der Waals surface area contributed by atoms with Crippen LogP contribution in [-0.4, -0.2) is 37.2 Å². The Balaban J connectivity index is 4.23. The van der Waals surface area contributed by atoms with E-state index < -0.39 is 6.10 Å². The molecule has 0 aliphatic carbocycles. The van der Waals surface area contributed by atoms with Crippen molar-refractivity contribution in [2.45, 2.75) is 374 Å². The summed E-state index contributed by atoms with van der Waals surface area (Å²) < 4.78 is 17.0. The lowest BCUT2D eigenvalue weighted by molar-refractivity contribution is -0.167. The van der Waals surface area contributed by atoms with Crippen LogP contribution in [0.15, 0.2) is 85.1 Å². The molecule has 1 unspecified atom stereocenters. The summed E-state index contributed by atoms with van der Waals surface area (Å²) in [6.45, 7) is 6.53. The molecule has 480 valence electrons. The predicted molar refractivity (Wildman–Crippen MR) is 362 cm³/mol. The Morgan fingerprint density at radius 2 is 0.470 bits per heavy atom. The molecule has 0 radical (unpaired) electrons. The van der Waals surface area contributed by atoms with Crippen molar-refractivity contribution in [2.24, 2.45) is 0 Å². The van der Waals surface area contributed by atoms with Crippen LogP contribution in [0, 0.1) is 0 Å². The Hall–Kier alpha value is -3.41. The highest BCUT2D eigenvalue weighted by atomic mass is 16.6. The van der Waals surface area contributed by atoms with E-state index >= 15 is 0 Å². The van der Waals surface area contributed by atoms with Gasteiger partial charge in [-0.2, -0.15) is 0 Å². The monoisotopic (exact) mass is 1160 g/mol. The summed E-state index contributed by atoms with van der Waals surface area (Å²) in [5, 5.41) is 0. The van der Waals surface area contributed by atoms with Crippen LogP contribution in [0.5, 0.6) is 0 Å². The Kier molecular flexibility index (Phi) is 68.2. The van der Waals surface area contributed by atoms with Crippen LogP contribution >= 0.6 is 0 Å². The van der Waals surface area contributed by atoms with Crippen molar-refractivity contribution >= 4 is 17.9 Å². The molecule has 0 N–H and O–H groups in total. The van der Waals surface area contributed by atoms with Gasteiger partial charge in [-0.1, -0.05) is 318 Å². The molecule has 83 heavy (non-hydrogen) atoms. The normalized spacial score (nSPS) is 12.6. The lowest BCUT2D eigenvalue weighted by Crippen LogP contribution is -2.30. The van der Waals surface area contributed by atoms with Gasteiger partial charge in [0.1, 0.15) is 13.2 Å². The van der Waals surface area contributed by atoms with Crippen LogP contribution in [0.1, 0.15) is 367 Å². The molecule has 0 amide bonds. The summed E-state index contributed by atoms with van der Waals surface area (Å²) in [5.74, 6) is -0.879. The van der Waals surface area contributed by atoms with Gasteiger partial charge in [-0.3, -0.25) is 14.4 Å². The highest BCUT2D eigenvalue weighted by molar-refractivity contribution is 5.71. The first-order valence-electron chi connectivity index (χ1n) is 36.1. The van der Waals surface area contributed by atoms with Gasteiger partial charge in [-0.15, -0.1) is 0 Å². The molecule has 0 aromatic heterocycles. The van der Waals surface area contributed by atoms with Crippen LogP contribution in [0.25, 0.3) is 0 Å². The fraction of sp³-hybridized carbons (Fsp3) is 0.779. The average molecular weight is 1160 g/mol. The first kappa shape index (κ1) is 79.6. The van der Waals surface area contributed by atoms with E-state index in [0.717, 1.165) is 103 Å². The lowest BCUT2D eigenvalue weighted by atomic mass is 10.0. The van der Waals surface area contributed by atoms with Crippen LogP contribution < -0.4 is 0 Å². The van der Waals surface area contributed by atoms with Crippen molar-refractivity contribution < 1.29 is 28.6 Å². The van der Waals surface area contributed by atoms with E-state index in [-0.39, 0.29) is 31.1 Å². The molecule has 0 bridgehead atoms. The molecule has 0 saturated heterocycles. The number of hydrogen-bond donors (Lipinski definition) is 0. The van der Waals surface area contributed by atoms with Gasteiger partial charge in [0.25, 0.3) is 0 Å². The number of hydrogen-bond acceptors (Lipinski definition) is 6. The average Bonchev–Trinajstić information content (AvgIpc) is 3.50. The van der Waals surface area contributed by atoms with E-state index in [9.17, 15) is 14.4 Å². The van der Waals surface area contributed by atoms with Gasteiger partial charge in [-0.05, 0) is 116 Å². The largest absolute Gasteiger partial charge is 0.462 e. The number of carbonyl (C=O) groups is 3. The zero-order chi connectivity index (χ0) is 59.9. The number of esters is 3. The molecule has 0 fully saturated rings. The number of carbonyl (C=O) groups excluding carboxylic acids is 3. The van der Waals surface area contributed by atoms with Crippen molar-refractivity contribution in [1.82, 2.24) is 0 Å². The van der Waals surface area contributed by atoms with Crippen molar-refractivity contribution in [3.63, 3.8) is 0 Å². The maximum absolute atomic E-state index is 12.9. The Morgan fingerprint density at radius 1 is 0.253 bits per heavy atom. The summed E-state index contributed by atoms with van der Waals surface area (Å²) in [6.07, 6.45) is 94.7. The second-order valence-electron chi connectivity index (χ2n) is 24.1. The third-order valence-electron chi connectivity index (χ3n) is 15.9. The van der Waals surface area contributed by atoms with Crippen molar-refractivity contribution in [2.75, 3.05) is 13.2 Å². The second kappa shape index (κ2) is 71.1. The van der Waals surface area contributed by atoms with E-state index in [2.05, 4.69) is 106 Å². The van der Waals surface area contributed by atoms with Gasteiger partial charge in [0, 0.05) is 19.3 Å². The first-order valence-corrected chi connectivity index (χ1v) is 36.1. The zero-order valence-corrected chi connectivity index (χ0v) is 55.2. The summed E-state index contributed by atoms with van der Waals surface area (Å²) in [5.41, 5.74) is 0. The van der Waals surface area contributed by atoms with Crippen molar-refractivity contribution in [3.05, 3.63) is 85.1 Å². The molecule has 6 heteroatoms. The van der Waals surface area contributed by atoms with Gasteiger partial charge in [0.2, 0.25) is 0 Å². The molecule has 0 rings (SSSR count). The summed E-state index contributed by atoms with van der Waals surface area (Å²) in [6, 6.07) is 0. The molecule has 0 aliphatic rings.